The van der Waals surface area contributed by atoms with Crippen LogP contribution in [0.3, 0.4) is 0 Å². The molecule has 0 aliphatic carbocycles. The van der Waals surface area contributed by atoms with E-state index in [-0.39, 0.29) is 11.0 Å². The SMILES string of the molecule is CCOc1ccc(-n2cnc(-c3ccc(C(=O)O)cc3)c2)cc1C(C)(C)C. The zero-order chi connectivity index (χ0) is 19.6. The first-order chi connectivity index (χ1) is 12.8. The van der Waals surface area contributed by atoms with Crippen LogP contribution in [-0.2, 0) is 5.41 Å². The summed E-state index contributed by atoms with van der Waals surface area (Å²) in [5, 5.41) is 9.02. The van der Waals surface area contributed by atoms with Gasteiger partial charge in [-0.05, 0) is 42.7 Å². The van der Waals surface area contributed by atoms with Crippen LogP contribution in [0, 0.1) is 0 Å². The second kappa shape index (κ2) is 7.27. The molecular formula is C22H24N2O3. The highest BCUT2D eigenvalue weighted by Gasteiger charge is 2.20. The molecule has 0 bridgehead atoms. The highest BCUT2D eigenvalue weighted by molar-refractivity contribution is 5.88. The van der Waals surface area contributed by atoms with E-state index in [1.807, 2.05) is 29.8 Å². The predicted molar refractivity (Wildman–Crippen MR) is 106 cm³/mol. The van der Waals surface area contributed by atoms with Crippen molar-refractivity contribution in [1.82, 2.24) is 9.55 Å². The molecule has 0 unspecified atom stereocenters. The van der Waals surface area contributed by atoms with Gasteiger partial charge in [-0.15, -0.1) is 0 Å². The van der Waals surface area contributed by atoms with Crippen molar-refractivity contribution in [1.29, 1.82) is 0 Å². The van der Waals surface area contributed by atoms with Crippen LogP contribution in [0.4, 0.5) is 0 Å². The Kier molecular flexibility index (Phi) is 5.04. The van der Waals surface area contributed by atoms with Gasteiger partial charge in [-0.3, -0.25) is 0 Å². The summed E-state index contributed by atoms with van der Waals surface area (Å²) in [6.07, 6.45) is 3.71. The van der Waals surface area contributed by atoms with E-state index in [4.69, 9.17) is 9.84 Å². The number of imidazole rings is 1. The average Bonchev–Trinajstić information content (AvgIpc) is 3.11. The molecule has 3 aromatic rings. The molecule has 1 heterocycles. The number of ether oxygens (including phenoxy) is 1. The van der Waals surface area contributed by atoms with Crippen LogP contribution in [0.25, 0.3) is 16.9 Å². The van der Waals surface area contributed by atoms with Gasteiger partial charge in [0.25, 0.3) is 0 Å². The van der Waals surface area contributed by atoms with E-state index in [1.54, 1.807) is 30.6 Å². The van der Waals surface area contributed by atoms with E-state index in [1.165, 1.54) is 0 Å². The van der Waals surface area contributed by atoms with E-state index in [0.717, 1.165) is 28.3 Å². The van der Waals surface area contributed by atoms with Crippen LogP contribution >= 0.6 is 0 Å². The number of carboxylic acids is 1. The average molecular weight is 364 g/mol. The van der Waals surface area contributed by atoms with Gasteiger partial charge >= 0.3 is 5.97 Å². The molecule has 0 amide bonds. The minimum absolute atomic E-state index is 0.0451. The molecule has 1 aromatic heterocycles. The van der Waals surface area contributed by atoms with E-state index < -0.39 is 5.97 Å². The monoisotopic (exact) mass is 364 g/mol. The lowest BCUT2D eigenvalue weighted by Gasteiger charge is -2.23. The molecule has 0 saturated carbocycles. The van der Waals surface area contributed by atoms with Crippen LogP contribution < -0.4 is 4.74 Å². The molecule has 3 rings (SSSR count). The van der Waals surface area contributed by atoms with Crippen molar-refractivity contribution >= 4 is 5.97 Å². The number of carboxylic acid groups (broad SMARTS) is 1. The Bertz CT molecular complexity index is 950. The fourth-order valence-electron chi connectivity index (χ4n) is 2.94. The Morgan fingerprint density at radius 3 is 2.44 bits per heavy atom. The lowest BCUT2D eigenvalue weighted by atomic mass is 9.86. The van der Waals surface area contributed by atoms with Gasteiger partial charge < -0.3 is 14.4 Å². The Morgan fingerprint density at radius 2 is 1.85 bits per heavy atom. The number of hydrogen-bond acceptors (Lipinski definition) is 3. The number of hydrogen-bond donors (Lipinski definition) is 1. The molecule has 5 nitrogen and oxygen atoms in total. The highest BCUT2D eigenvalue weighted by Crippen LogP contribution is 2.33. The number of carbonyl (C=O) groups is 1. The van der Waals surface area contributed by atoms with E-state index in [2.05, 4.69) is 31.8 Å². The largest absolute Gasteiger partial charge is 0.494 e. The van der Waals surface area contributed by atoms with Gasteiger partial charge in [-0.25, -0.2) is 9.78 Å². The van der Waals surface area contributed by atoms with Crippen molar-refractivity contribution in [2.24, 2.45) is 0 Å². The Morgan fingerprint density at radius 1 is 1.15 bits per heavy atom. The minimum atomic E-state index is -0.934. The van der Waals surface area contributed by atoms with Gasteiger partial charge in [-0.1, -0.05) is 32.9 Å². The maximum Gasteiger partial charge on any atom is 0.335 e. The standard InChI is InChI=1S/C22H24N2O3/c1-5-27-20-11-10-17(12-18(20)22(2,3)4)24-13-19(23-14-24)15-6-8-16(9-7-15)21(25)26/h6-14H,5H2,1-4H3,(H,25,26). The molecule has 2 aromatic carbocycles. The summed E-state index contributed by atoms with van der Waals surface area (Å²) in [5.41, 5.74) is 4.03. The number of rotatable bonds is 5. The topological polar surface area (TPSA) is 64.4 Å². The van der Waals surface area contributed by atoms with Crippen LogP contribution in [0.15, 0.2) is 55.0 Å². The second-order valence-corrected chi connectivity index (χ2v) is 7.41. The van der Waals surface area contributed by atoms with Crippen molar-refractivity contribution in [3.8, 4) is 22.7 Å². The molecule has 1 N–H and O–H groups in total. The van der Waals surface area contributed by atoms with E-state index in [0.29, 0.717) is 6.61 Å². The summed E-state index contributed by atoms with van der Waals surface area (Å²) >= 11 is 0. The maximum absolute atomic E-state index is 11.0. The van der Waals surface area contributed by atoms with Crippen LogP contribution in [0.5, 0.6) is 5.75 Å². The molecule has 0 spiro atoms. The summed E-state index contributed by atoms with van der Waals surface area (Å²) in [6, 6.07) is 12.9. The normalized spacial score (nSPS) is 11.4. The molecule has 27 heavy (non-hydrogen) atoms. The van der Waals surface area contributed by atoms with Crippen molar-refractivity contribution in [2.45, 2.75) is 33.1 Å². The molecule has 140 valence electrons. The fraction of sp³-hybridized carbons (Fsp3) is 0.273. The van der Waals surface area contributed by atoms with Gasteiger partial charge in [0, 0.05) is 23.0 Å². The molecule has 0 atom stereocenters. The molecule has 0 saturated heterocycles. The molecule has 0 radical (unpaired) electrons. The summed E-state index contributed by atoms with van der Waals surface area (Å²) in [7, 11) is 0. The van der Waals surface area contributed by atoms with Gasteiger partial charge in [0.1, 0.15) is 5.75 Å². The number of benzene rings is 2. The first-order valence-electron chi connectivity index (χ1n) is 8.95. The van der Waals surface area contributed by atoms with E-state index in [9.17, 15) is 4.79 Å². The van der Waals surface area contributed by atoms with Gasteiger partial charge in [0.2, 0.25) is 0 Å². The lowest BCUT2D eigenvalue weighted by Crippen LogP contribution is -2.14. The third-order valence-electron chi connectivity index (χ3n) is 4.38. The molecule has 0 fully saturated rings. The smallest absolute Gasteiger partial charge is 0.335 e. The van der Waals surface area contributed by atoms with Crippen molar-refractivity contribution in [2.75, 3.05) is 6.61 Å². The zero-order valence-electron chi connectivity index (χ0n) is 16.1. The highest BCUT2D eigenvalue weighted by atomic mass is 16.5. The molecule has 5 heteroatoms. The van der Waals surface area contributed by atoms with Crippen molar-refractivity contribution in [3.63, 3.8) is 0 Å². The van der Waals surface area contributed by atoms with Crippen molar-refractivity contribution < 1.29 is 14.6 Å². The van der Waals surface area contributed by atoms with Crippen LogP contribution in [-0.4, -0.2) is 27.2 Å². The predicted octanol–water partition coefficient (Wildman–Crippen LogP) is 4.93. The van der Waals surface area contributed by atoms with Crippen LogP contribution in [0.1, 0.15) is 43.6 Å². The Balaban J connectivity index is 1.95. The first kappa shape index (κ1) is 18.7. The Labute approximate surface area is 159 Å². The third-order valence-corrected chi connectivity index (χ3v) is 4.38. The minimum Gasteiger partial charge on any atom is -0.494 e. The first-order valence-corrected chi connectivity index (χ1v) is 8.95. The molecular weight excluding hydrogens is 340 g/mol. The summed E-state index contributed by atoms with van der Waals surface area (Å²) < 4.78 is 7.75. The summed E-state index contributed by atoms with van der Waals surface area (Å²) in [5.74, 6) is -0.0328. The van der Waals surface area contributed by atoms with Gasteiger partial charge in [0.15, 0.2) is 0 Å². The Hall–Kier alpha value is -3.08. The third kappa shape index (κ3) is 4.03. The van der Waals surface area contributed by atoms with E-state index >= 15 is 0 Å². The van der Waals surface area contributed by atoms with Crippen LogP contribution in [0.2, 0.25) is 0 Å². The maximum atomic E-state index is 11.0. The number of aromatic nitrogens is 2. The van der Waals surface area contributed by atoms with Crippen molar-refractivity contribution in [3.05, 3.63) is 66.1 Å². The lowest BCUT2D eigenvalue weighted by molar-refractivity contribution is 0.0697. The number of nitrogens with zero attached hydrogens (tertiary/aromatic N) is 2. The molecule has 0 aliphatic rings. The zero-order valence-corrected chi connectivity index (χ0v) is 16.1. The van der Waals surface area contributed by atoms with Gasteiger partial charge in [-0.2, -0.15) is 0 Å². The second-order valence-electron chi connectivity index (χ2n) is 7.41. The fourth-order valence-corrected chi connectivity index (χ4v) is 2.94. The quantitative estimate of drug-likeness (QED) is 0.697. The number of aromatic carboxylic acids is 1. The summed E-state index contributed by atoms with van der Waals surface area (Å²) in [4.78, 5) is 15.5. The molecule has 0 aliphatic heterocycles. The summed E-state index contributed by atoms with van der Waals surface area (Å²) in [6.45, 7) is 9.11. The van der Waals surface area contributed by atoms with Gasteiger partial charge in [0.05, 0.1) is 24.2 Å².